The zero-order valence-electron chi connectivity index (χ0n) is 16.8. The van der Waals surface area contributed by atoms with E-state index >= 15 is 0 Å². The Morgan fingerprint density at radius 1 is 1.25 bits per heavy atom. The zero-order chi connectivity index (χ0) is 19.7. The Morgan fingerprint density at radius 2 is 2.00 bits per heavy atom. The number of hydrogen-bond acceptors (Lipinski definition) is 4. The Balaban J connectivity index is 1.55. The summed E-state index contributed by atoms with van der Waals surface area (Å²) in [6, 6.07) is 6.21. The molecule has 0 saturated heterocycles. The molecule has 0 spiro atoms. The van der Waals surface area contributed by atoms with Crippen LogP contribution in [-0.4, -0.2) is 33.4 Å². The van der Waals surface area contributed by atoms with Gasteiger partial charge in [-0.05, 0) is 50.5 Å². The monoisotopic (exact) mass is 381 g/mol. The van der Waals surface area contributed by atoms with Crippen LogP contribution in [0.4, 0.5) is 0 Å². The van der Waals surface area contributed by atoms with Gasteiger partial charge in [0.2, 0.25) is 12.7 Å². The molecule has 1 aliphatic carbocycles. The highest BCUT2D eigenvalue weighted by Crippen LogP contribution is 2.33. The van der Waals surface area contributed by atoms with Crippen molar-refractivity contribution in [2.45, 2.75) is 52.1 Å². The first-order valence-corrected chi connectivity index (χ1v) is 9.90. The van der Waals surface area contributed by atoms with E-state index in [4.69, 9.17) is 9.47 Å². The molecule has 1 aromatic carbocycles. The van der Waals surface area contributed by atoms with Gasteiger partial charge in [-0.1, -0.05) is 18.9 Å². The number of fused-ring (bicyclic) bond motifs is 1. The number of hydrogen-bond donors (Lipinski definition) is 0. The van der Waals surface area contributed by atoms with E-state index in [2.05, 4.69) is 5.10 Å². The van der Waals surface area contributed by atoms with Gasteiger partial charge in [-0.3, -0.25) is 9.48 Å². The van der Waals surface area contributed by atoms with Gasteiger partial charge in [0.15, 0.2) is 11.5 Å². The molecule has 6 heteroatoms. The standard InChI is InChI=1S/C22H27N3O3/c1-15-19(16(2)24(3)23-15)9-11-22(26)25(18-6-4-5-7-18)13-17-8-10-20-21(12-17)28-14-27-20/h8-12,18H,4-7,13-14H2,1-3H3. The quantitative estimate of drug-likeness (QED) is 0.740. The molecule has 6 nitrogen and oxygen atoms in total. The third kappa shape index (κ3) is 3.63. The topological polar surface area (TPSA) is 56.6 Å². The summed E-state index contributed by atoms with van der Waals surface area (Å²) in [6.07, 6.45) is 8.09. The summed E-state index contributed by atoms with van der Waals surface area (Å²) >= 11 is 0. The van der Waals surface area contributed by atoms with Crippen molar-refractivity contribution < 1.29 is 14.3 Å². The van der Waals surface area contributed by atoms with E-state index in [1.807, 2.05) is 54.8 Å². The maximum Gasteiger partial charge on any atom is 0.247 e. The fraction of sp³-hybridized carbons (Fsp3) is 0.455. The number of carbonyl (C=O) groups excluding carboxylic acids is 1. The summed E-state index contributed by atoms with van der Waals surface area (Å²) in [5.74, 6) is 1.57. The van der Waals surface area contributed by atoms with E-state index in [0.717, 1.165) is 46.9 Å². The fourth-order valence-corrected chi connectivity index (χ4v) is 4.12. The number of carbonyl (C=O) groups is 1. The first-order chi connectivity index (χ1) is 13.5. The molecule has 2 heterocycles. The van der Waals surface area contributed by atoms with Crippen LogP contribution in [0.3, 0.4) is 0 Å². The molecule has 0 N–H and O–H groups in total. The van der Waals surface area contributed by atoms with Gasteiger partial charge in [-0.2, -0.15) is 5.10 Å². The van der Waals surface area contributed by atoms with Gasteiger partial charge in [-0.15, -0.1) is 0 Å². The van der Waals surface area contributed by atoms with E-state index in [0.29, 0.717) is 12.6 Å². The summed E-state index contributed by atoms with van der Waals surface area (Å²) in [7, 11) is 1.92. The molecule has 1 aliphatic heterocycles. The molecule has 0 atom stereocenters. The lowest BCUT2D eigenvalue weighted by atomic mass is 10.1. The molecule has 4 rings (SSSR count). The summed E-state index contributed by atoms with van der Waals surface area (Å²) in [5.41, 5.74) is 4.08. The summed E-state index contributed by atoms with van der Waals surface area (Å²) in [6.45, 7) is 4.83. The average molecular weight is 381 g/mol. The van der Waals surface area contributed by atoms with Crippen molar-refractivity contribution in [3.05, 3.63) is 46.8 Å². The molecule has 2 aromatic rings. The number of rotatable bonds is 5. The highest BCUT2D eigenvalue weighted by Gasteiger charge is 2.26. The highest BCUT2D eigenvalue weighted by molar-refractivity contribution is 5.92. The highest BCUT2D eigenvalue weighted by atomic mass is 16.7. The van der Waals surface area contributed by atoms with Crippen molar-refractivity contribution in [2.24, 2.45) is 7.05 Å². The normalized spacial score (nSPS) is 16.2. The summed E-state index contributed by atoms with van der Waals surface area (Å²) in [4.78, 5) is 15.1. The predicted octanol–water partition coefficient (Wildman–Crippen LogP) is 3.75. The molecule has 1 fully saturated rings. The maximum absolute atomic E-state index is 13.1. The van der Waals surface area contributed by atoms with Crippen LogP contribution in [0.5, 0.6) is 11.5 Å². The van der Waals surface area contributed by atoms with Gasteiger partial charge in [-0.25, -0.2) is 0 Å². The summed E-state index contributed by atoms with van der Waals surface area (Å²) < 4.78 is 12.7. The SMILES string of the molecule is Cc1nn(C)c(C)c1C=CC(=O)N(Cc1ccc2c(c1)OCO2)C1CCCC1. The first-order valence-electron chi connectivity index (χ1n) is 9.90. The second-order valence-corrected chi connectivity index (χ2v) is 7.63. The molecule has 2 aliphatic rings. The molecule has 1 amide bonds. The molecular formula is C22H27N3O3. The molecule has 148 valence electrons. The van der Waals surface area contributed by atoms with Crippen LogP contribution in [0.15, 0.2) is 24.3 Å². The minimum absolute atomic E-state index is 0.0484. The van der Waals surface area contributed by atoms with Gasteiger partial charge < -0.3 is 14.4 Å². The van der Waals surface area contributed by atoms with Crippen LogP contribution in [-0.2, 0) is 18.4 Å². The fourth-order valence-electron chi connectivity index (χ4n) is 4.12. The van der Waals surface area contributed by atoms with Crippen molar-refractivity contribution in [1.29, 1.82) is 0 Å². The average Bonchev–Trinajstić information content (AvgIpc) is 3.40. The minimum Gasteiger partial charge on any atom is -0.454 e. The number of ether oxygens (including phenoxy) is 2. The Kier molecular flexibility index (Phi) is 5.11. The Morgan fingerprint density at radius 3 is 2.71 bits per heavy atom. The van der Waals surface area contributed by atoms with E-state index in [-0.39, 0.29) is 12.7 Å². The van der Waals surface area contributed by atoms with Gasteiger partial charge in [0.05, 0.1) is 5.69 Å². The smallest absolute Gasteiger partial charge is 0.247 e. The number of amides is 1. The maximum atomic E-state index is 13.1. The zero-order valence-corrected chi connectivity index (χ0v) is 16.8. The second-order valence-electron chi connectivity index (χ2n) is 7.63. The molecular weight excluding hydrogens is 354 g/mol. The van der Waals surface area contributed by atoms with Crippen molar-refractivity contribution in [1.82, 2.24) is 14.7 Å². The van der Waals surface area contributed by atoms with Crippen molar-refractivity contribution in [3.63, 3.8) is 0 Å². The lowest BCUT2D eigenvalue weighted by Crippen LogP contribution is -2.37. The third-order valence-corrected chi connectivity index (χ3v) is 5.80. The van der Waals surface area contributed by atoms with Crippen LogP contribution in [0.2, 0.25) is 0 Å². The number of benzene rings is 1. The van der Waals surface area contributed by atoms with Crippen LogP contribution < -0.4 is 9.47 Å². The largest absolute Gasteiger partial charge is 0.454 e. The predicted molar refractivity (Wildman–Crippen MR) is 107 cm³/mol. The van der Waals surface area contributed by atoms with Gasteiger partial charge in [0.1, 0.15) is 0 Å². The van der Waals surface area contributed by atoms with E-state index in [1.165, 1.54) is 12.8 Å². The van der Waals surface area contributed by atoms with Crippen LogP contribution in [0.1, 0.15) is 48.2 Å². The Hall–Kier alpha value is -2.76. The van der Waals surface area contributed by atoms with Gasteiger partial charge >= 0.3 is 0 Å². The van der Waals surface area contributed by atoms with Crippen LogP contribution in [0.25, 0.3) is 6.08 Å². The van der Waals surface area contributed by atoms with Crippen molar-refractivity contribution in [2.75, 3.05) is 6.79 Å². The Bertz CT molecular complexity index is 910. The molecule has 0 unspecified atom stereocenters. The Labute approximate surface area is 165 Å². The first kappa shape index (κ1) is 18.6. The number of nitrogens with zero attached hydrogens (tertiary/aromatic N) is 3. The van der Waals surface area contributed by atoms with Crippen LogP contribution >= 0.6 is 0 Å². The van der Waals surface area contributed by atoms with Crippen LogP contribution in [0, 0.1) is 13.8 Å². The lowest BCUT2D eigenvalue weighted by Gasteiger charge is -2.28. The second kappa shape index (κ2) is 7.70. The third-order valence-electron chi connectivity index (χ3n) is 5.80. The molecule has 0 radical (unpaired) electrons. The van der Waals surface area contributed by atoms with Crippen molar-refractivity contribution >= 4 is 12.0 Å². The summed E-state index contributed by atoms with van der Waals surface area (Å²) in [5, 5.41) is 4.43. The molecule has 28 heavy (non-hydrogen) atoms. The molecule has 0 bridgehead atoms. The van der Waals surface area contributed by atoms with E-state index < -0.39 is 0 Å². The van der Waals surface area contributed by atoms with Gasteiger partial charge in [0.25, 0.3) is 0 Å². The molecule has 1 saturated carbocycles. The van der Waals surface area contributed by atoms with Crippen molar-refractivity contribution in [3.8, 4) is 11.5 Å². The minimum atomic E-state index is 0.0484. The molecule has 1 aromatic heterocycles. The number of aromatic nitrogens is 2. The number of aryl methyl sites for hydroxylation is 2. The van der Waals surface area contributed by atoms with E-state index in [9.17, 15) is 4.79 Å². The van der Waals surface area contributed by atoms with E-state index in [1.54, 1.807) is 6.08 Å². The van der Waals surface area contributed by atoms with Gasteiger partial charge in [0, 0.05) is 37.0 Å². The lowest BCUT2D eigenvalue weighted by molar-refractivity contribution is -0.128.